The van der Waals surface area contributed by atoms with E-state index < -0.39 is 0 Å². The molecule has 0 atom stereocenters. The summed E-state index contributed by atoms with van der Waals surface area (Å²) < 4.78 is 11.4. The van der Waals surface area contributed by atoms with Gasteiger partial charge in [0, 0.05) is 0 Å². The quantitative estimate of drug-likeness (QED) is 0.625. The number of nitrogens with one attached hydrogen (secondary N) is 1. The molecular weight excluding hydrogens is 254 g/mol. The third kappa shape index (κ3) is 3.47. The molecule has 1 aromatic heterocycles. The molecule has 0 fully saturated rings. The van der Waals surface area contributed by atoms with E-state index in [9.17, 15) is 0 Å². The van der Waals surface area contributed by atoms with Crippen molar-refractivity contribution in [2.75, 3.05) is 6.61 Å². The van der Waals surface area contributed by atoms with Gasteiger partial charge in [0.25, 0.3) is 0 Å². The minimum absolute atomic E-state index is 0.0665. The van der Waals surface area contributed by atoms with Gasteiger partial charge < -0.3 is 15.2 Å². The zero-order valence-electron chi connectivity index (χ0n) is 11.3. The fourth-order valence-corrected chi connectivity index (χ4v) is 1.59. The molecule has 0 radical (unpaired) electrons. The number of hydrogen-bond acceptors (Lipinski definition) is 4. The van der Waals surface area contributed by atoms with Gasteiger partial charge in [-0.1, -0.05) is 19.1 Å². The zero-order valence-corrected chi connectivity index (χ0v) is 11.3. The summed E-state index contributed by atoms with van der Waals surface area (Å²) in [6, 6.07) is 10.8. The minimum atomic E-state index is -0.0665. The number of hydrogen-bond donors (Lipinski definition) is 2. The Balaban J connectivity index is 2.14. The van der Waals surface area contributed by atoms with Gasteiger partial charge in [0.2, 0.25) is 0 Å². The molecule has 0 unspecified atom stereocenters. The fourth-order valence-electron chi connectivity index (χ4n) is 1.59. The van der Waals surface area contributed by atoms with Crippen molar-refractivity contribution < 1.29 is 9.47 Å². The van der Waals surface area contributed by atoms with E-state index in [0.29, 0.717) is 29.5 Å². The highest BCUT2D eigenvalue weighted by Gasteiger charge is 2.06. The van der Waals surface area contributed by atoms with E-state index in [4.69, 9.17) is 20.6 Å². The maximum absolute atomic E-state index is 7.29. The summed E-state index contributed by atoms with van der Waals surface area (Å²) in [4.78, 5) is 4.05. The molecule has 0 spiro atoms. The fraction of sp³-hybridized carbons (Fsp3) is 0.200. The molecule has 0 saturated heterocycles. The van der Waals surface area contributed by atoms with Gasteiger partial charge in [0.1, 0.15) is 17.3 Å². The third-order valence-corrected chi connectivity index (χ3v) is 2.55. The molecule has 0 saturated carbocycles. The van der Waals surface area contributed by atoms with E-state index in [-0.39, 0.29) is 5.84 Å². The van der Waals surface area contributed by atoms with Crippen LogP contribution < -0.4 is 15.2 Å². The number of aromatic nitrogens is 1. The van der Waals surface area contributed by atoms with Crippen LogP contribution in [0.15, 0.2) is 42.6 Å². The molecular formula is C15H17N3O2. The number of nitrogens with zero attached hydrogens (tertiary/aromatic N) is 1. The molecule has 0 aliphatic heterocycles. The first-order valence-corrected chi connectivity index (χ1v) is 6.41. The smallest absolute Gasteiger partial charge is 0.169 e. The first kappa shape index (κ1) is 13.9. The molecule has 5 heteroatoms. The summed E-state index contributed by atoms with van der Waals surface area (Å²) in [7, 11) is 0. The number of para-hydroxylation sites is 2. The number of rotatable bonds is 6. The van der Waals surface area contributed by atoms with Crippen molar-refractivity contribution >= 4 is 5.84 Å². The molecule has 0 amide bonds. The Morgan fingerprint density at radius 1 is 1.20 bits per heavy atom. The Kier molecular flexibility index (Phi) is 4.55. The first-order valence-electron chi connectivity index (χ1n) is 6.41. The van der Waals surface area contributed by atoms with Crippen LogP contribution in [0.5, 0.6) is 17.2 Å². The molecule has 0 aliphatic carbocycles. The lowest BCUT2D eigenvalue weighted by atomic mass is 10.3. The van der Waals surface area contributed by atoms with Gasteiger partial charge in [-0.2, -0.15) is 0 Å². The summed E-state index contributed by atoms with van der Waals surface area (Å²) in [6.45, 7) is 2.69. The van der Waals surface area contributed by atoms with Gasteiger partial charge in [0.05, 0.1) is 12.8 Å². The summed E-state index contributed by atoms with van der Waals surface area (Å²) in [5, 5.41) is 7.29. The second-order valence-electron chi connectivity index (χ2n) is 4.19. The molecule has 1 aromatic carbocycles. The van der Waals surface area contributed by atoms with E-state index in [2.05, 4.69) is 4.98 Å². The molecule has 5 nitrogen and oxygen atoms in total. The van der Waals surface area contributed by atoms with E-state index >= 15 is 0 Å². The highest BCUT2D eigenvalue weighted by Crippen LogP contribution is 2.30. The zero-order chi connectivity index (χ0) is 14.4. The van der Waals surface area contributed by atoms with Gasteiger partial charge in [-0.15, -0.1) is 0 Å². The Morgan fingerprint density at radius 3 is 2.55 bits per heavy atom. The number of pyridine rings is 1. The van der Waals surface area contributed by atoms with E-state index in [1.807, 2.05) is 31.2 Å². The van der Waals surface area contributed by atoms with Crippen LogP contribution in [0.2, 0.25) is 0 Å². The van der Waals surface area contributed by atoms with Gasteiger partial charge in [0.15, 0.2) is 11.5 Å². The predicted octanol–water partition coefficient (Wildman–Crippen LogP) is 2.95. The van der Waals surface area contributed by atoms with Crippen LogP contribution in [0.25, 0.3) is 0 Å². The topological polar surface area (TPSA) is 81.2 Å². The highest BCUT2D eigenvalue weighted by atomic mass is 16.5. The molecule has 2 aromatic rings. The maximum atomic E-state index is 7.29. The lowest BCUT2D eigenvalue weighted by Crippen LogP contribution is -2.12. The van der Waals surface area contributed by atoms with Crippen LogP contribution in [-0.2, 0) is 0 Å². The molecule has 0 bridgehead atoms. The Bertz CT molecular complexity index is 582. The van der Waals surface area contributed by atoms with Crippen LogP contribution >= 0.6 is 0 Å². The van der Waals surface area contributed by atoms with Crippen molar-refractivity contribution in [3.63, 3.8) is 0 Å². The number of benzene rings is 1. The summed E-state index contributed by atoms with van der Waals surface area (Å²) >= 11 is 0. The minimum Gasteiger partial charge on any atom is -0.490 e. The second kappa shape index (κ2) is 6.56. The van der Waals surface area contributed by atoms with Crippen molar-refractivity contribution in [2.24, 2.45) is 5.73 Å². The Labute approximate surface area is 117 Å². The van der Waals surface area contributed by atoms with Crippen LogP contribution in [0.1, 0.15) is 19.0 Å². The third-order valence-electron chi connectivity index (χ3n) is 2.55. The van der Waals surface area contributed by atoms with Crippen molar-refractivity contribution in [1.29, 1.82) is 5.41 Å². The normalized spacial score (nSPS) is 10.1. The van der Waals surface area contributed by atoms with Crippen molar-refractivity contribution in [3.05, 3.63) is 48.3 Å². The Hall–Kier alpha value is -2.56. The van der Waals surface area contributed by atoms with Crippen LogP contribution in [-0.4, -0.2) is 17.4 Å². The first-order chi connectivity index (χ1) is 9.70. The number of nitrogens with two attached hydrogens (primary N) is 1. The highest BCUT2D eigenvalue weighted by molar-refractivity contribution is 5.92. The molecule has 104 valence electrons. The van der Waals surface area contributed by atoms with Crippen LogP contribution in [0, 0.1) is 5.41 Å². The van der Waals surface area contributed by atoms with Gasteiger partial charge in [-0.3, -0.25) is 5.41 Å². The Morgan fingerprint density at radius 2 is 1.95 bits per heavy atom. The maximum Gasteiger partial charge on any atom is 0.169 e. The molecule has 2 rings (SSSR count). The lowest BCUT2D eigenvalue weighted by Gasteiger charge is -2.11. The second-order valence-corrected chi connectivity index (χ2v) is 4.19. The standard InChI is InChI=1S/C15H17N3O2/c1-2-9-19-13-5-3-4-6-14(13)20-11-7-8-12(15(16)17)18-10-11/h3-8,10H,2,9H2,1H3,(H3,16,17). The van der Waals surface area contributed by atoms with E-state index in [0.717, 1.165) is 6.42 Å². The molecule has 1 heterocycles. The monoisotopic (exact) mass is 271 g/mol. The largest absolute Gasteiger partial charge is 0.490 e. The SMILES string of the molecule is CCCOc1ccccc1Oc1ccc(C(=N)N)nc1. The summed E-state index contributed by atoms with van der Waals surface area (Å²) in [6.07, 6.45) is 2.47. The lowest BCUT2D eigenvalue weighted by molar-refractivity contribution is 0.302. The predicted molar refractivity (Wildman–Crippen MR) is 77.6 cm³/mol. The van der Waals surface area contributed by atoms with Gasteiger partial charge in [-0.25, -0.2) is 4.98 Å². The molecule has 0 aliphatic rings. The molecule has 3 N–H and O–H groups in total. The average Bonchev–Trinajstić information content (AvgIpc) is 2.47. The number of ether oxygens (including phenoxy) is 2. The van der Waals surface area contributed by atoms with Crippen LogP contribution in [0.4, 0.5) is 0 Å². The van der Waals surface area contributed by atoms with E-state index in [1.165, 1.54) is 6.20 Å². The van der Waals surface area contributed by atoms with Crippen molar-refractivity contribution in [1.82, 2.24) is 4.98 Å². The van der Waals surface area contributed by atoms with Crippen molar-refractivity contribution in [3.8, 4) is 17.2 Å². The number of nitrogen functional groups attached to an aromatic ring is 1. The summed E-state index contributed by atoms with van der Waals surface area (Å²) in [5.41, 5.74) is 5.78. The number of amidine groups is 1. The van der Waals surface area contributed by atoms with E-state index in [1.54, 1.807) is 12.1 Å². The van der Waals surface area contributed by atoms with Gasteiger partial charge >= 0.3 is 0 Å². The van der Waals surface area contributed by atoms with Crippen molar-refractivity contribution in [2.45, 2.75) is 13.3 Å². The van der Waals surface area contributed by atoms with Crippen LogP contribution in [0.3, 0.4) is 0 Å². The van der Waals surface area contributed by atoms with Gasteiger partial charge in [-0.05, 0) is 30.7 Å². The molecule has 20 heavy (non-hydrogen) atoms. The average molecular weight is 271 g/mol. The summed E-state index contributed by atoms with van der Waals surface area (Å²) in [5.74, 6) is 1.84.